The molecular formula is C11H17N3O4S. The van der Waals surface area contributed by atoms with Gasteiger partial charge in [-0.25, -0.2) is 13.1 Å². The minimum Gasteiger partial charge on any atom is -0.329 e. The average Bonchev–Trinajstić information content (AvgIpc) is 2.37. The molecule has 8 heteroatoms. The van der Waals surface area contributed by atoms with Crippen molar-refractivity contribution in [2.24, 2.45) is 5.73 Å². The summed E-state index contributed by atoms with van der Waals surface area (Å²) in [6.45, 7) is 3.56. The molecule has 0 spiro atoms. The Morgan fingerprint density at radius 2 is 2.11 bits per heavy atom. The number of nitro benzene ring substituents is 1. The highest BCUT2D eigenvalue weighted by Crippen LogP contribution is 2.22. The van der Waals surface area contributed by atoms with Crippen molar-refractivity contribution in [3.63, 3.8) is 0 Å². The molecule has 0 bridgehead atoms. The SMILES string of the molecule is CCc1ccc([N+](=O)[O-])cc1S(=O)(=O)N[C@@H](C)CN. The largest absolute Gasteiger partial charge is 0.329 e. The molecule has 0 radical (unpaired) electrons. The van der Waals surface area contributed by atoms with Crippen molar-refractivity contribution >= 4 is 15.7 Å². The monoisotopic (exact) mass is 287 g/mol. The number of aryl methyl sites for hydroxylation is 1. The molecular weight excluding hydrogens is 270 g/mol. The van der Waals surface area contributed by atoms with Crippen LogP contribution in [0.25, 0.3) is 0 Å². The van der Waals surface area contributed by atoms with Crippen LogP contribution in [-0.2, 0) is 16.4 Å². The number of hydrogen-bond acceptors (Lipinski definition) is 5. The normalized spacial score (nSPS) is 13.2. The van der Waals surface area contributed by atoms with Gasteiger partial charge in [-0.3, -0.25) is 10.1 Å². The van der Waals surface area contributed by atoms with E-state index in [1.54, 1.807) is 13.8 Å². The Kier molecular flexibility index (Phi) is 4.98. The lowest BCUT2D eigenvalue weighted by Gasteiger charge is -2.14. The van der Waals surface area contributed by atoms with Gasteiger partial charge in [-0.1, -0.05) is 13.0 Å². The summed E-state index contributed by atoms with van der Waals surface area (Å²) in [7, 11) is -3.80. The molecule has 0 amide bonds. The summed E-state index contributed by atoms with van der Waals surface area (Å²) in [5.41, 5.74) is 5.65. The van der Waals surface area contributed by atoms with Gasteiger partial charge in [0, 0.05) is 24.7 Å². The van der Waals surface area contributed by atoms with Crippen LogP contribution in [0.5, 0.6) is 0 Å². The number of sulfonamides is 1. The Balaban J connectivity index is 3.30. The van der Waals surface area contributed by atoms with Crippen molar-refractivity contribution in [1.82, 2.24) is 4.72 Å². The maximum atomic E-state index is 12.2. The summed E-state index contributed by atoms with van der Waals surface area (Å²) < 4.78 is 26.7. The first-order chi connectivity index (χ1) is 8.81. The fourth-order valence-corrected chi connectivity index (χ4v) is 3.16. The predicted molar refractivity (Wildman–Crippen MR) is 71.3 cm³/mol. The van der Waals surface area contributed by atoms with E-state index < -0.39 is 21.0 Å². The van der Waals surface area contributed by atoms with Crippen LogP contribution in [0, 0.1) is 10.1 Å². The molecule has 1 rings (SSSR count). The van der Waals surface area contributed by atoms with Crippen LogP contribution in [0.4, 0.5) is 5.69 Å². The van der Waals surface area contributed by atoms with Gasteiger partial charge in [-0.05, 0) is 18.9 Å². The Morgan fingerprint density at radius 3 is 2.58 bits per heavy atom. The predicted octanol–water partition coefficient (Wildman–Crippen LogP) is 0.783. The summed E-state index contributed by atoms with van der Waals surface area (Å²) >= 11 is 0. The van der Waals surface area contributed by atoms with Gasteiger partial charge in [0.2, 0.25) is 10.0 Å². The second-order valence-electron chi connectivity index (χ2n) is 4.16. The molecule has 0 heterocycles. The Hall–Kier alpha value is -1.51. The minimum atomic E-state index is -3.80. The van der Waals surface area contributed by atoms with Gasteiger partial charge in [0.1, 0.15) is 0 Å². The number of nitro groups is 1. The fraction of sp³-hybridized carbons (Fsp3) is 0.455. The Bertz CT molecular complexity index is 571. The molecule has 0 aliphatic carbocycles. The average molecular weight is 287 g/mol. The smallest absolute Gasteiger partial charge is 0.270 e. The number of nitrogens with one attached hydrogen (secondary N) is 1. The van der Waals surface area contributed by atoms with Crippen molar-refractivity contribution in [1.29, 1.82) is 0 Å². The highest BCUT2D eigenvalue weighted by Gasteiger charge is 2.22. The zero-order valence-corrected chi connectivity index (χ0v) is 11.6. The summed E-state index contributed by atoms with van der Waals surface area (Å²) in [5.74, 6) is 0. The van der Waals surface area contributed by atoms with Crippen molar-refractivity contribution in [2.75, 3.05) is 6.54 Å². The van der Waals surface area contributed by atoms with E-state index in [1.807, 2.05) is 0 Å². The van der Waals surface area contributed by atoms with Gasteiger partial charge in [0.15, 0.2) is 0 Å². The number of hydrogen-bond donors (Lipinski definition) is 2. The first kappa shape index (κ1) is 15.5. The zero-order chi connectivity index (χ0) is 14.6. The number of nitrogens with zero attached hydrogens (tertiary/aromatic N) is 1. The Labute approximate surface area is 112 Å². The molecule has 7 nitrogen and oxygen atoms in total. The number of benzene rings is 1. The molecule has 1 aromatic rings. The van der Waals surface area contributed by atoms with Crippen molar-refractivity contribution < 1.29 is 13.3 Å². The third-order valence-electron chi connectivity index (χ3n) is 2.64. The summed E-state index contributed by atoms with van der Waals surface area (Å²) in [5, 5.41) is 10.7. The van der Waals surface area contributed by atoms with E-state index in [9.17, 15) is 18.5 Å². The summed E-state index contributed by atoms with van der Waals surface area (Å²) in [6.07, 6.45) is 0.464. The molecule has 0 fully saturated rings. The highest BCUT2D eigenvalue weighted by molar-refractivity contribution is 7.89. The zero-order valence-electron chi connectivity index (χ0n) is 10.8. The quantitative estimate of drug-likeness (QED) is 0.592. The summed E-state index contributed by atoms with van der Waals surface area (Å²) in [4.78, 5) is 10.0. The lowest BCUT2D eigenvalue weighted by atomic mass is 10.1. The van der Waals surface area contributed by atoms with E-state index in [0.29, 0.717) is 12.0 Å². The second-order valence-corrected chi connectivity index (χ2v) is 5.84. The molecule has 3 N–H and O–H groups in total. The summed E-state index contributed by atoms with van der Waals surface area (Å²) in [6, 6.07) is 3.39. The molecule has 0 aromatic heterocycles. The standard InChI is InChI=1S/C11H17N3O4S/c1-3-9-4-5-10(14(15)16)6-11(9)19(17,18)13-8(2)7-12/h4-6,8,13H,3,7,12H2,1-2H3/t8-/m0/s1. The van der Waals surface area contributed by atoms with Gasteiger partial charge < -0.3 is 5.73 Å². The highest BCUT2D eigenvalue weighted by atomic mass is 32.2. The van der Waals surface area contributed by atoms with Crippen molar-refractivity contribution in [3.05, 3.63) is 33.9 Å². The van der Waals surface area contributed by atoms with Gasteiger partial charge in [0.05, 0.1) is 9.82 Å². The molecule has 0 aliphatic heterocycles. The van der Waals surface area contributed by atoms with Crippen LogP contribution < -0.4 is 10.5 Å². The molecule has 106 valence electrons. The molecule has 1 atom stereocenters. The fourth-order valence-electron chi connectivity index (χ4n) is 1.58. The lowest BCUT2D eigenvalue weighted by molar-refractivity contribution is -0.385. The van der Waals surface area contributed by atoms with E-state index in [2.05, 4.69) is 4.72 Å². The van der Waals surface area contributed by atoms with E-state index in [4.69, 9.17) is 5.73 Å². The third kappa shape index (κ3) is 3.72. The second kappa shape index (κ2) is 6.09. The van der Waals surface area contributed by atoms with Crippen LogP contribution in [0.1, 0.15) is 19.4 Å². The third-order valence-corrected chi connectivity index (χ3v) is 4.31. The molecule has 19 heavy (non-hydrogen) atoms. The first-order valence-corrected chi connectivity index (χ1v) is 7.29. The molecule has 0 saturated carbocycles. The van der Waals surface area contributed by atoms with Gasteiger partial charge >= 0.3 is 0 Å². The van der Waals surface area contributed by atoms with Crippen LogP contribution >= 0.6 is 0 Å². The molecule has 0 unspecified atom stereocenters. The van der Waals surface area contributed by atoms with Gasteiger partial charge in [0.25, 0.3) is 5.69 Å². The number of rotatable bonds is 6. The number of non-ortho nitro benzene ring substituents is 1. The number of nitrogens with two attached hydrogens (primary N) is 1. The van der Waals surface area contributed by atoms with Gasteiger partial charge in [-0.15, -0.1) is 0 Å². The van der Waals surface area contributed by atoms with E-state index in [-0.39, 0.29) is 17.1 Å². The van der Waals surface area contributed by atoms with Crippen molar-refractivity contribution in [2.45, 2.75) is 31.2 Å². The molecule has 0 aliphatic rings. The van der Waals surface area contributed by atoms with Crippen LogP contribution in [0.3, 0.4) is 0 Å². The van der Waals surface area contributed by atoms with E-state index in [1.165, 1.54) is 12.1 Å². The van der Waals surface area contributed by atoms with Crippen LogP contribution in [-0.4, -0.2) is 25.9 Å². The van der Waals surface area contributed by atoms with Gasteiger partial charge in [-0.2, -0.15) is 0 Å². The van der Waals surface area contributed by atoms with E-state index >= 15 is 0 Å². The Morgan fingerprint density at radius 1 is 1.47 bits per heavy atom. The van der Waals surface area contributed by atoms with Crippen LogP contribution in [0.2, 0.25) is 0 Å². The molecule has 0 saturated heterocycles. The maximum Gasteiger partial charge on any atom is 0.270 e. The van der Waals surface area contributed by atoms with Crippen LogP contribution in [0.15, 0.2) is 23.1 Å². The lowest BCUT2D eigenvalue weighted by Crippen LogP contribution is -2.38. The van der Waals surface area contributed by atoms with E-state index in [0.717, 1.165) is 6.07 Å². The molecule has 1 aromatic carbocycles. The van der Waals surface area contributed by atoms with Crippen molar-refractivity contribution in [3.8, 4) is 0 Å². The first-order valence-electron chi connectivity index (χ1n) is 5.81. The topological polar surface area (TPSA) is 115 Å². The maximum absolute atomic E-state index is 12.2. The minimum absolute atomic E-state index is 0.0653.